The molecule has 4 N–H and O–H groups in total. The number of benzene rings is 1. The fourth-order valence-corrected chi connectivity index (χ4v) is 1.87. The van der Waals surface area contributed by atoms with Crippen LogP contribution in [0.5, 0.6) is 5.75 Å². The Morgan fingerprint density at radius 3 is 2.39 bits per heavy atom. The molecule has 0 saturated heterocycles. The molecule has 1 aromatic carbocycles. The van der Waals surface area contributed by atoms with E-state index in [1.165, 1.54) is 0 Å². The normalized spacial score (nSPS) is 11.4. The van der Waals surface area contributed by atoms with E-state index in [1.54, 1.807) is 13.0 Å². The van der Waals surface area contributed by atoms with E-state index >= 15 is 0 Å². The van der Waals surface area contributed by atoms with Crippen LogP contribution in [0.2, 0.25) is 0 Å². The number of phenols is 1. The Bertz CT molecular complexity index is 451. The first-order valence-corrected chi connectivity index (χ1v) is 6.24. The molecule has 0 spiro atoms. The summed E-state index contributed by atoms with van der Waals surface area (Å²) in [4.78, 5) is 12.1. The Morgan fingerprint density at radius 1 is 1.33 bits per heavy atom. The highest BCUT2D eigenvalue weighted by atomic mass is 16.3. The van der Waals surface area contributed by atoms with E-state index in [2.05, 4.69) is 5.32 Å². The van der Waals surface area contributed by atoms with E-state index in [1.807, 2.05) is 26.8 Å². The van der Waals surface area contributed by atoms with Gasteiger partial charge in [-0.05, 0) is 43.9 Å². The maximum atomic E-state index is 12.1. The quantitative estimate of drug-likeness (QED) is 0.718. The largest absolute Gasteiger partial charge is 0.505 e. The highest BCUT2D eigenvalue weighted by Crippen LogP contribution is 2.29. The van der Waals surface area contributed by atoms with Gasteiger partial charge in [-0.25, -0.2) is 0 Å². The number of anilines is 1. The molecule has 18 heavy (non-hydrogen) atoms. The molecule has 0 heterocycles. The maximum absolute atomic E-state index is 12.1. The smallest absolute Gasteiger partial charge is 0.244 e. The molecule has 0 bridgehead atoms. The summed E-state index contributed by atoms with van der Waals surface area (Å²) in [6.07, 6.45) is 1.11. The zero-order chi connectivity index (χ0) is 13.9. The predicted molar refractivity (Wildman–Crippen MR) is 73.7 cm³/mol. The lowest BCUT2D eigenvalue weighted by Gasteiger charge is -2.25. The van der Waals surface area contributed by atoms with Crippen LogP contribution in [0.25, 0.3) is 0 Å². The van der Waals surface area contributed by atoms with Crippen LogP contribution in [0.1, 0.15) is 37.8 Å². The minimum atomic E-state index is -0.885. The third-order valence-corrected chi connectivity index (χ3v) is 3.41. The first-order valence-electron chi connectivity index (χ1n) is 6.24. The van der Waals surface area contributed by atoms with Gasteiger partial charge in [0.1, 0.15) is 5.75 Å². The van der Waals surface area contributed by atoms with Gasteiger partial charge in [-0.15, -0.1) is 0 Å². The summed E-state index contributed by atoms with van der Waals surface area (Å²) in [5.41, 5.74) is 7.28. The minimum Gasteiger partial charge on any atom is -0.505 e. The molecule has 1 aromatic rings. The first kappa shape index (κ1) is 14.5. The summed E-state index contributed by atoms with van der Waals surface area (Å²) in [6, 6.07) is 3.60. The van der Waals surface area contributed by atoms with Gasteiger partial charge in [-0.3, -0.25) is 4.79 Å². The molecular weight excluding hydrogens is 228 g/mol. The second-order valence-electron chi connectivity index (χ2n) is 4.80. The SMILES string of the molecule is CCC(N)(CC)C(=O)Nc1cc(C)cc(C)c1O. The molecule has 0 aromatic heterocycles. The molecule has 100 valence electrons. The third kappa shape index (κ3) is 2.82. The molecule has 0 fully saturated rings. The predicted octanol–water partition coefficient (Wildman–Crippen LogP) is 2.47. The van der Waals surface area contributed by atoms with Gasteiger partial charge in [0.2, 0.25) is 5.91 Å². The molecule has 1 rings (SSSR count). The molecule has 1 amide bonds. The van der Waals surface area contributed by atoms with Crippen LogP contribution in [0.3, 0.4) is 0 Å². The Morgan fingerprint density at radius 2 is 1.89 bits per heavy atom. The highest BCUT2D eigenvalue weighted by Gasteiger charge is 2.30. The second-order valence-corrected chi connectivity index (χ2v) is 4.80. The molecule has 0 aliphatic rings. The van der Waals surface area contributed by atoms with Crippen molar-refractivity contribution in [1.82, 2.24) is 0 Å². The molecule has 0 atom stereocenters. The van der Waals surface area contributed by atoms with E-state index in [4.69, 9.17) is 5.73 Å². The molecule has 0 aliphatic heterocycles. The van der Waals surface area contributed by atoms with Gasteiger partial charge in [0.25, 0.3) is 0 Å². The lowest BCUT2D eigenvalue weighted by molar-refractivity contribution is -0.121. The van der Waals surface area contributed by atoms with Gasteiger partial charge in [-0.1, -0.05) is 19.9 Å². The number of rotatable bonds is 4. The van der Waals surface area contributed by atoms with Gasteiger partial charge in [0, 0.05) is 0 Å². The zero-order valence-electron chi connectivity index (χ0n) is 11.5. The fraction of sp³-hybridized carbons (Fsp3) is 0.500. The molecule has 0 aliphatic carbocycles. The summed E-state index contributed by atoms with van der Waals surface area (Å²) in [7, 11) is 0. The van der Waals surface area contributed by atoms with Crippen molar-refractivity contribution in [2.75, 3.05) is 5.32 Å². The Labute approximate surface area is 108 Å². The molecule has 0 radical (unpaired) electrons. The van der Waals surface area contributed by atoms with Crippen molar-refractivity contribution in [2.24, 2.45) is 5.73 Å². The van der Waals surface area contributed by atoms with Crippen LogP contribution >= 0.6 is 0 Å². The van der Waals surface area contributed by atoms with Gasteiger partial charge in [0.05, 0.1) is 11.2 Å². The summed E-state index contributed by atoms with van der Waals surface area (Å²) in [5.74, 6) is -0.156. The first-order chi connectivity index (χ1) is 8.34. The number of hydrogen-bond donors (Lipinski definition) is 3. The van der Waals surface area contributed by atoms with Crippen molar-refractivity contribution in [2.45, 2.75) is 46.1 Å². The Hall–Kier alpha value is -1.55. The number of aromatic hydroxyl groups is 1. The summed E-state index contributed by atoms with van der Waals surface area (Å²) < 4.78 is 0. The Kier molecular flexibility index (Phi) is 4.35. The molecule has 0 unspecified atom stereocenters. The number of aryl methyl sites for hydroxylation is 2. The van der Waals surface area contributed by atoms with E-state index in [9.17, 15) is 9.90 Å². The number of amides is 1. The number of phenolic OH excluding ortho intramolecular Hbond substituents is 1. The average Bonchev–Trinajstić information content (AvgIpc) is 2.34. The van der Waals surface area contributed by atoms with Crippen molar-refractivity contribution in [3.05, 3.63) is 23.3 Å². The van der Waals surface area contributed by atoms with Crippen LogP contribution in [-0.4, -0.2) is 16.6 Å². The van der Waals surface area contributed by atoms with E-state index in [-0.39, 0.29) is 11.7 Å². The van der Waals surface area contributed by atoms with Gasteiger partial charge < -0.3 is 16.2 Å². The van der Waals surface area contributed by atoms with E-state index < -0.39 is 5.54 Å². The monoisotopic (exact) mass is 250 g/mol. The lowest BCUT2D eigenvalue weighted by Crippen LogP contribution is -2.50. The van der Waals surface area contributed by atoms with Gasteiger partial charge in [-0.2, -0.15) is 0 Å². The summed E-state index contributed by atoms with van der Waals surface area (Å²) in [5, 5.41) is 12.6. The van der Waals surface area contributed by atoms with Crippen LogP contribution in [0.4, 0.5) is 5.69 Å². The minimum absolute atomic E-state index is 0.100. The summed E-state index contributed by atoms with van der Waals surface area (Å²) in [6.45, 7) is 7.47. The standard InChI is InChI=1S/C14H22N2O2/c1-5-14(15,6-2)13(18)16-11-8-9(3)7-10(4)12(11)17/h7-8,17H,5-6,15H2,1-4H3,(H,16,18). The van der Waals surface area contributed by atoms with Gasteiger partial charge in [0.15, 0.2) is 0 Å². The van der Waals surface area contributed by atoms with Crippen molar-refractivity contribution in [1.29, 1.82) is 0 Å². The third-order valence-electron chi connectivity index (χ3n) is 3.41. The molecule has 4 heteroatoms. The van der Waals surface area contributed by atoms with Crippen molar-refractivity contribution < 1.29 is 9.90 Å². The molecule has 0 saturated carbocycles. The van der Waals surface area contributed by atoms with Crippen molar-refractivity contribution >= 4 is 11.6 Å². The number of carbonyl (C=O) groups excluding carboxylic acids is 1. The molecular formula is C14H22N2O2. The highest BCUT2D eigenvalue weighted by molar-refractivity contribution is 5.99. The van der Waals surface area contributed by atoms with Crippen LogP contribution in [-0.2, 0) is 4.79 Å². The topological polar surface area (TPSA) is 75.4 Å². The number of hydrogen-bond acceptors (Lipinski definition) is 3. The van der Waals surface area contributed by atoms with Gasteiger partial charge >= 0.3 is 0 Å². The van der Waals surface area contributed by atoms with Crippen LogP contribution < -0.4 is 11.1 Å². The van der Waals surface area contributed by atoms with E-state index in [0.717, 1.165) is 11.1 Å². The second kappa shape index (κ2) is 5.40. The summed E-state index contributed by atoms with van der Waals surface area (Å²) >= 11 is 0. The Balaban J connectivity index is 3.02. The van der Waals surface area contributed by atoms with Crippen molar-refractivity contribution in [3.63, 3.8) is 0 Å². The molecule has 4 nitrogen and oxygen atoms in total. The van der Waals surface area contributed by atoms with Crippen LogP contribution in [0.15, 0.2) is 12.1 Å². The average molecular weight is 250 g/mol. The fourth-order valence-electron chi connectivity index (χ4n) is 1.87. The number of nitrogens with one attached hydrogen (secondary N) is 1. The number of nitrogens with two attached hydrogens (primary N) is 1. The van der Waals surface area contributed by atoms with Crippen LogP contribution in [0, 0.1) is 13.8 Å². The van der Waals surface area contributed by atoms with Crippen molar-refractivity contribution in [3.8, 4) is 5.75 Å². The maximum Gasteiger partial charge on any atom is 0.244 e. The van der Waals surface area contributed by atoms with E-state index in [0.29, 0.717) is 18.5 Å². The number of carbonyl (C=O) groups is 1. The zero-order valence-corrected chi connectivity index (χ0v) is 11.5. The lowest BCUT2D eigenvalue weighted by atomic mass is 9.93.